The van der Waals surface area contributed by atoms with E-state index < -0.39 is 5.97 Å². The second-order valence-corrected chi connectivity index (χ2v) is 7.63. The number of aliphatic carboxylic acids is 1. The SMILES string of the molecule is CCCCCC(=NOCC1CCCc2c(OCC(=O)O)cccc21)c1cccnc1. The van der Waals surface area contributed by atoms with Gasteiger partial charge in [0, 0.05) is 23.9 Å². The normalized spacial score (nSPS) is 16.0. The Morgan fingerprint density at radius 3 is 2.93 bits per heavy atom. The molecule has 0 radical (unpaired) electrons. The molecule has 1 aromatic carbocycles. The average Bonchev–Trinajstić information content (AvgIpc) is 2.77. The van der Waals surface area contributed by atoms with Gasteiger partial charge in [0.05, 0.1) is 5.71 Å². The molecule has 2 aromatic rings. The van der Waals surface area contributed by atoms with Crippen LogP contribution in [0.15, 0.2) is 47.9 Å². The molecule has 160 valence electrons. The van der Waals surface area contributed by atoms with E-state index in [1.165, 1.54) is 5.56 Å². The van der Waals surface area contributed by atoms with Crippen molar-refractivity contribution in [3.8, 4) is 5.75 Å². The zero-order valence-corrected chi connectivity index (χ0v) is 17.5. The third-order valence-corrected chi connectivity index (χ3v) is 5.40. The number of carboxylic acid groups (broad SMARTS) is 1. The summed E-state index contributed by atoms with van der Waals surface area (Å²) in [5.74, 6) is -0.0842. The number of carbonyl (C=O) groups is 1. The molecule has 0 amide bonds. The van der Waals surface area contributed by atoms with Gasteiger partial charge in [-0.3, -0.25) is 4.98 Å². The van der Waals surface area contributed by atoms with Crippen LogP contribution in [0.2, 0.25) is 0 Å². The number of oxime groups is 1. The quantitative estimate of drug-likeness (QED) is 0.321. The van der Waals surface area contributed by atoms with Gasteiger partial charge in [-0.15, -0.1) is 0 Å². The molecule has 1 heterocycles. The highest BCUT2D eigenvalue weighted by atomic mass is 16.6. The molecular weight excluding hydrogens is 380 g/mol. The van der Waals surface area contributed by atoms with E-state index in [9.17, 15) is 4.79 Å². The topological polar surface area (TPSA) is 81.0 Å². The Labute approximate surface area is 177 Å². The van der Waals surface area contributed by atoms with E-state index >= 15 is 0 Å². The van der Waals surface area contributed by atoms with Gasteiger partial charge in [-0.25, -0.2) is 4.79 Å². The van der Waals surface area contributed by atoms with Crippen LogP contribution in [0, 0.1) is 0 Å². The number of rotatable bonds is 11. The Morgan fingerprint density at radius 1 is 1.27 bits per heavy atom. The number of benzene rings is 1. The van der Waals surface area contributed by atoms with Gasteiger partial charge < -0.3 is 14.7 Å². The lowest BCUT2D eigenvalue weighted by atomic mass is 9.83. The lowest BCUT2D eigenvalue weighted by Gasteiger charge is -2.26. The molecule has 30 heavy (non-hydrogen) atoms. The number of hydrogen-bond acceptors (Lipinski definition) is 5. The van der Waals surface area contributed by atoms with Crippen molar-refractivity contribution in [2.45, 2.75) is 57.8 Å². The number of ether oxygens (including phenoxy) is 1. The van der Waals surface area contributed by atoms with Crippen molar-refractivity contribution in [1.82, 2.24) is 4.98 Å². The monoisotopic (exact) mass is 410 g/mol. The van der Waals surface area contributed by atoms with Gasteiger partial charge in [0.1, 0.15) is 12.4 Å². The number of pyridine rings is 1. The van der Waals surface area contributed by atoms with E-state index in [1.54, 1.807) is 6.20 Å². The molecule has 0 bridgehead atoms. The highest BCUT2D eigenvalue weighted by Crippen LogP contribution is 2.37. The highest BCUT2D eigenvalue weighted by Gasteiger charge is 2.24. The molecule has 0 aliphatic heterocycles. The summed E-state index contributed by atoms with van der Waals surface area (Å²) in [6.07, 6.45) is 10.8. The maximum Gasteiger partial charge on any atom is 0.341 e. The van der Waals surface area contributed by atoms with Crippen LogP contribution in [0.4, 0.5) is 0 Å². The van der Waals surface area contributed by atoms with Crippen molar-refractivity contribution in [3.05, 3.63) is 59.4 Å². The van der Waals surface area contributed by atoms with Crippen molar-refractivity contribution in [3.63, 3.8) is 0 Å². The molecule has 0 saturated carbocycles. The number of unbranched alkanes of at least 4 members (excludes halogenated alkanes) is 2. The largest absolute Gasteiger partial charge is 0.482 e. The molecule has 6 nitrogen and oxygen atoms in total. The minimum absolute atomic E-state index is 0.219. The predicted octanol–water partition coefficient (Wildman–Crippen LogP) is 4.97. The number of nitrogens with zero attached hydrogens (tertiary/aromatic N) is 2. The molecule has 3 rings (SSSR count). The molecule has 1 atom stereocenters. The van der Waals surface area contributed by atoms with Gasteiger partial charge in [0.15, 0.2) is 6.61 Å². The fraction of sp³-hybridized carbons (Fsp3) is 0.458. The summed E-state index contributed by atoms with van der Waals surface area (Å²) < 4.78 is 5.49. The van der Waals surface area contributed by atoms with Crippen molar-refractivity contribution in [2.24, 2.45) is 5.16 Å². The van der Waals surface area contributed by atoms with Crippen LogP contribution < -0.4 is 4.74 Å². The molecule has 1 aliphatic rings. The van der Waals surface area contributed by atoms with E-state index in [1.807, 2.05) is 30.5 Å². The maximum absolute atomic E-state index is 10.9. The van der Waals surface area contributed by atoms with E-state index in [4.69, 9.17) is 14.7 Å². The fourth-order valence-corrected chi connectivity index (χ4v) is 3.88. The average molecular weight is 411 g/mol. The molecule has 0 spiro atoms. The summed E-state index contributed by atoms with van der Waals surface area (Å²) in [6.45, 7) is 2.35. The second kappa shape index (κ2) is 11.3. The zero-order valence-electron chi connectivity index (χ0n) is 17.5. The van der Waals surface area contributed by atoms with Gasteiger partial charge in [-0.05, 0) is 61.4 Å². The number of hydrogen-bond donors (Lipinski definition) is 1. The summed E-state index contributed by atoms with van der Waals surface area (Å²) in [5, 5.41) is 13.4. The fourth-order valence-electron chi connectivity index (χ4n) is 3.88. The van der Waals surface area contributed by atoms with Crippen molar-refractivity contribution < 1.29 is 19.5 Å². The van der Waals surface area contributed by atoms with Gasteiger partial charge in [0.2, 0.25) is 0 Å². The van der Waals surface area contributed by atoms with E-state index in [0.717, 1.165) is 61.8 Å². The van der Waals surface area contributed by atoms with Crippen molar-refractivity contribution in [1.29, 1.82) is 0 Å². The molecule has 1 aromatic heterocycles. The lowest BCUT2D eigenvalue weighted by Crippen LogP contribution is -2.17. The second-order valence-electron chi connectivity index (χ2n) is 7.63. The lowest BCUT2D eigenvalue weighted by molar-refractivity contribution is -0.139. The number of fused-ring (bicyclic) bond motifs is 1. The molecule has 0 saturated heterocycles. The number of aromatic nitrogens is 1. The minimum atomic E-state index is -0.969. The van der Waals surface area contributed by atoms with Crippen LogP contribution >= 0.6 is 0 Å². The summed E-state index contributed by atoms with van der Waals surface area (Å²) in [5.41, 5.74) is 4.21. The molecule has 1 unspecified atom stereocenters. The Kier molecular flexibility index (Phi) is 8.24. The highest BCUT2D eigenvalue weighted by molar-refractivity contribution is 5.99. The van der Waals surface area contributed by atoms with E-state index in [0.29, 0.717) is 12.4 Å². The first-order chi connectivity index (χ1) is 14.7. The van der Waals surface area contributed by atoms with Gasteiger partial charge in [-0.2, -0.15) is 0 Å². The van der Waals surface area contributed by atoms with Gasteiger partial charge in [-0.1, -0.05) is 37.1 Å². The Balaban J connectivity index is 1.69. The van der Waals surface area contributed by atoms with Crippen LogP contribution in [-0.4, -0.2) is 35.0 Å². The molecular formula is C24H30N2O4. The maximum atomic E-state index is 10.9. The van der Waals surface area contributed by atoms with Crippen LogP contribution in [0.1, 0.15) is 68.1 Å². The number of carboxylic acids is 1. The zero-order chi connectivity index (χ0) is 21.2. The summed E-state index contributed by atoms with van der Waals surface area (Å²) in [4.78, 5) is 20.9. The first kappa shape index (κ1) is 21.8. The molecule has 6 heteroatoms. The Morgan fingerprint density at radius 2 is 2.17 bits per heavy atom. The summed E-state index contributed by atoms with van der Waals surface area (Å²) >= 11 is 0. The van der Waals surface area contributed by atoms with Crippen LogP contribution in [0.5, 0.6) is 5.75 Å². The van der Waals surface area contributed by atoms with Crippen LogP contribution in [-0.2, 0) is 16.1 Å². The van der Waals surface area contributed by atoms with Crippen molar-refractivity contribution >= 4 is 11.7 Å². The first-order valence-corrected chi connectivity index (χ1v) is 10.7. The predicted molar refractivity (Wildman–Crippen MR) is 116 cm³/mol. The summed E-state index contributed by atoms with van der Waals surface area (Å²) in [7, 11) is 0. The summed E-state index contributed by atoms with van der Waals surface area (Å²) in [6, 6.07) is 9.79. The standard InChI is InChI=1S/C24H30N2O4/c1-2-3-4-12-22(18-9-7-14-25-15-18)26-30-16-19-8-5-11-21-20(19)10-6-13-23(21)29-17-24(27)28/h6-7,9-10,13-15,19H,2-5,8,11-12,16-17H2,1H3,(H,27,28). The Hall–Kier alpha value is -2.89. The van der Waals surface area contributed by atoms with Gasteiger partial charge >= 0.3 is 5.97 Å². The molecule has 1 aliphatic carbocycles. The third kappa shape index (κ3) is 6.05. The van der Waals surface area contributed by atoms with E-state index in [-0.39, 0.29) is 12.5 Å². The Bertz CT molecular complexity index is 852. The molecule has 1 N–H and O–H groups in total. The first-order valence-electron chi connectivity index (χ1n) is 10.7. The smallest absolute Gasteiger partial charge is 0.341 e. The third-order valence-electron chi connectivity index (χ3n) is 5.40. The van der Waals surface area contributed by atoms with Gasteiger partial charge in [0.25, 0.3) is 0 Å². The van der Waals surface area contributed by atoms with Crippen LogP contribution in [0.3, 0.4) is 0 Å². The minimum Gasteiger partial charge on any atom is -0.482 e. The van der Waals surface area contributed by atoms with Crippen LogP contribution in [0.25, 0.3) is 0 Å². The molecule has 0 fully saturated rings. The van der Waals surface area contributed by atoms with Crippen molar-refractivity contribution in [2.75, 3.05) is 13.2 Å². The van der Waals surface area contributed by atoms with E-state index in [2.05, 4.69) is 23.1 Å².